The molecule has 3 atom stereocenters. The summed E-state index contributed by atoms with van der Waals surface area (Å²) in [7, 11) is 0. The number of tetrazole rings is 1. The molecule has 2 aliphatic heterocycles. The second kappa shape index (κ2) is 14.0. The van der Waals surface area contributed by atoms with Crippen molar-refractivity contribution in [2.24, 2.45) is 5.16 Å². The molecule has 2 aromatic rings. The minimum absolute atomic E-state index is 0.0435. The van der Waals surface area contributed by atoms with Crippen LogP contribution in [0.5, 0.6) is 0 Å². The van der Waals surface area contributed by atoms with Crippen LogP contribution in [0.1, 0.15) is 31.4 Å². The molecule has 20 heteroatoms. The number of carbonyl (C=O) groups is 5. The monoisotopic (exact) mass is 663 g/mol. The summed E-state index contributed by atoms with van der Waals surface area (Å²) in [5.74, 6) is -3.29. The van der Waals surface area contributed by atoms with Crippen LogP contribution in [0.2, 0.25) is 0 Å². The van der Waals surface area contributed by atoms with Crippen molar-refractivity contribution in [3.05, 3.63) is 34.5 Å². The number of rotatable bonds is 14. The van der Waals surface area contributed by atoms with E-state index < -0.39 is 35.2 Å². The summed E-state index contributed by atoms with van der Waals surface area (Å²) in [6.07, 6.45) is 6.26. The molecule has 0 spiro atoms. The number of aryl methyl sites for hydroxylation is 1. The van der Waals surface area contributed by atoms with Crippen molar-refractivity contribution in [3.63, 3.8) is 0 Å². The minimum atomic E-state index is -1.30. The van der Waals surface area contributed by atoms with Gasteiger partial charge in [0.1, 0.15) is 28.9 Å². The maximum atomic E-state index is 13.4. The van der Waals surface area contributed by atoms with Gasteiger partial charge in [-0.15, -0.1) is 28.2 Å². The van der Waals surface area contributed by atoms with Crippen molar-refractivity contribution in [2.45, 2.75) is 54.9 Å². The van der Waals surface area contributed by atoms with Gasteiger partial charge >= 0.3 is 11.9 Å². The molecule has 2 unspecified atom stereocenters. The second-order valence-electron chi connectivity index (χ2n) is 9.48. The smallest absolute Gasteiger partial charge is 0.352 e. The topological polar surface area (TPSA) is 231 Å². The predicted octanol–water partition coefficient (Wildman–Crippen LogP) is 0.533. The number of β-lactam (4-membered cyclic amide) rings is 1. The molecule has 17 nitrogen and oxygen atoms in total. The first-order valence-corrected chi connectivity index (χ1v) is 16.1. The second-order valence-corrected chi connectivity index (χ2v) is 12.4. The molecular formula is C24H25N9O8S3. The lowest BCUT2D eigenvalue weighted by Crippen LogP contribution is -2.71. The van der Waals surface area contributed by atoms with Crippen LogP contribution in [0.3, 0.4) is 0 Å². The third-order valence-electron chi connectivity index (χ3n) is 6.58. The molecule has 0 aromatic carbocycles. The van der Waals surface area contributed by atoms with Gasteiger partial charge in [0.15, 0.2) is 10.8 Å². The molecule has 0 radical (unpaired) electrons. The van der Waals surface area contributed by atoms with E-state index in [1.54, 1.807) is 0 Å². The van der Waals surface area contributed by atoms with E-state index in [0.717, 1.165) is 40.8 Å². The standard InChI is InChI=1S/C24H25N9O8S3/c34-11-25-23-26-14(10-43-23)16(29-41-13-4-2-1-3-5-13)19(37)27-17-20(38)33-18(22(39)40)12(8-42-21(17)33)9-44-24-28-30-31-32(24)7-6-15(35)36/h2,4,10-11,13,17,21H,1,3,5-9H2,(H,27,37)(H,35,36)(H,39,40)(H,25,26,34)/t13?,17?,21-/m1/s1. The zero-order valence-corrected chi connectivity index (χ0v) is 25.1. The number of thiazole rings is 1. The van der Waals surface area contributed by atoms with E-state index in [4.69, 9.17) is 9.94 Å². The van der Waals surface area contributed by atoms with Crippen molar-refractivity contribution in [2.75, 3.05) is 16.8 Å². The van der Waals surface area contributed by atoms with Crippen molar-refractivity contribution in [1.29, 1.82) is 0 Å². The molecule has 5 rings (SSSR count). The van der Waals surface area contributed by atoms with Crippen LogP contribution < -0.4 is 10.6 Å². The molecule has 3 aliphatic rings. The van der Waals surface area contributed by atoms with Crippen LogP contribution in [0.15, 0.2) is 39.1 Å². The fourth-order valence-electron chi connectivity index (χ4n) is 4.49. The molecule has 3 amide bonds. The number of hydrogen-bond donors (Lipinski definition) is 4. The van der Waals surface area contributed by atoms with Gasteiger partial charge in [-0.05, 0) is 41.3 Å². The summed E-state index contributed by atoms with van der Waals surface area (Å²) in [6.45, 7) is 0.0435. The number of carboxylic acids is 2. The van der Waals surface area contributed by atoms with Gasteiger partial charge in [-0.3, -0.25) is 24.1 Å². The number of oxime groups is 1. The van der Waals surface area contributed by atoms with Gasteiger partial charge in [-0.1, -0.05) is 23.0 Å². The zero-order valence-electron chi connectivity index (χ0n) is 22.7. The lowest BCUT2D eigenvalue weighted by atomic mass is 10.0. The highest BCUT2D eigenvalue weighted by Gasteiger charge is 2.54. The Labute approximate surface area is 261 Å². The fourth-order valence-corrected chi connectivity index (χ4v) is 7.53. The summed E-state index contributed by atoms with van der Waals surface area (Å²) in [6, 6.07) is -1.04. The van der Waals surface area contributed by atoms with Gasteiger partial charge in [0.05, 0.1) is 13.0 Å². The average Bonchev–Trinajstić information content (AvgIpc) is 3.67. The fraction of sp³-hybridized carbons (Fsp3) is 0.417. The number of hydrogen-bond acceptors (Lipinski definition) is 14. The lowest BCUT2D eigenvalue weighted by Gasteiger charge is -2.49. The van der Waals surface area contributed by atoms with Crippen molar-refractivity contribution >= 4 is 75.9 Å². The maximum Gasteiger partial charge on any atom is 0.352 e. The molecule has 0 bridgehead atoms. The van der Waals surface area contributed by atoms with E-state index in [9.17, 15) is 29.1 Å². The van der Waals surface area contributed by atoms with Crippen LogP contribution in [0, 0.1) is 0 Å². The van der Waals surface area contributed by atoms with E-state index >= 15 is 0 Å². The highest BCUT2D eigenvalue weighted by atomic mass is 32.2. The number of aromatic nitrogens is 5. The van der Waals surface area contributed by atoms with Gasteiger partial charge in [-0.2, -0.15) is 0 Å². The first kappa shape index (κ1) is 31.1. The Balaban J connectivity index is 1.29. The molecule has 44 heavy (non-hydrogen) atoms. The molecule has 4 N–H and O–H groups in total. The summed E-state index contributed by atoms with van der Waals surface area (Å²) < 4.78 is 1.31. The van der Waals surface area contributed by atoms with E-state index in [0.29, 0.717) is 23.6 Å². The molecular weight excluding hydrogens is 639 g/mol. The van der Waals surface area contributed by atoms with E-state index in [-0.39, 0.29) is 52.8 Å². The number of carbonyl (C=O) groups excluding carboxylic acids is 3. The van der Waals surface area contributed by atoms with Gasteiger partial charge in [0.2, 0.25) is 11.6 Å². The lowest BCUT2D eigenvalue weighted by molar-refractivity contribution is -0.150. The van der Waals surface area contributed by atoms with Crippen LogP contribution >= 0.6 is 34.9 Å². The molecule has 4 heterocycles. The first-order valence-electron chi connectivity index (χ1n) is 13.1. The summed E-state index contributed by atoms with van der Waals surface area (Å²) >= 11 is 3.48. The van der Waals surface area contributed by atoms with Crippen LogP contribution in [-0.4, -0.2) is 105 Å². The SMILES string of the molecule is O=CNc1nc(C(=NOC2C=CCCC2)C(=O)NC2C(=O)N3C(C(=O)O)=C(CSc4nnnn4CCC(=O)O)CS[C@H]23)cs1. The Morgan fingerprint density at radius 2 is 2.14 bits per heavy atom. The molecule has 1 fully saturated rings. The summed E-state index contributed by atoms with van der Waals surface area (Å²) in [5, 5.41) is 40.6. The number of allylic oxidation sites excluding steroid dienone is 1. The number of amides is 3. The third-order valence-corrected chi connectivity index (χ3v) is 9.74. The number of carboxylic acid groups (broad SMARTS) is 2. The highest BCUT2D eigenvalue weighted by molar-refractivity contribution is 8.01. The number of fused-ring (bicyclic) bond motifs is 1. The van der Waals surface area contributed by atoms with E-state index in [1.807, 2.05) is 12.2 Å². The molecule has 232 valence electrons. The van der Waals surface area contributed by atoms with Crippen molar-refractivity contribution < 1.29 is 39.0 Å². The van der Waals surface area contributed by atoms with Gasteiger partial charge in [0.25, 0.3) is 11.8 Å². The van der Waals surface area contributed by atoms with E-state index in [1.165, 1.54) is 21.8 Å². The maximum absolute atomic E-state index is 13.4. The molecule has 2 aromatic heterocycles. The van der Waals surface area contributed by atoms with Gasteiger partial charge in [0, 0.05) is 16.9 Å². The number of anilines is 1. The van der Waals surface area contributed by atoms with E-state index in [2.05, 4.69) is 36.3 Å². The summed E-state index contributed by atoms with van der Waals surface area (Å²) in [4.78, 5) is 71.6. The van der Waals surface area contributed by atoms with Gasteiger partial charge < -0.3 is 25.7 Å². The zero-order chi connectivity index (χ0) is 31.2. The Morgan fingerprint density at radius 1 is 1.30 bits per heavy atom. The van der Waals surface area contributed by atoms with Crippen molar-refractivity contribution in [1.82, 2.24) is 35.4 Å². The molecule has 1 saturated heterocycles. The summed E-state index contributed by atoms with van der Waals surface area (Å²) in [5.41, 5.74) is 0.195. The highest BCUT2D eigenvalue weighted by Crippen LogP contribution is 2.41. The van der Waals surface area contributed by atoms with Gasteiger partial charge in [-0.25, -0.2) is 14.5 Å². The molecule has 0 saturated carbocycles. The molecule has 1 aliphatic carbocycles. The van der Waals surface area contributed by atoms with Crippen LogP contribution in [0.4, 0.5) is 5.13 Å². The van der Waals surface area contributed by atoms with Crippen LogP contribution in [-0.2, 0) is 35.4 Å². The largest absolute Gasteiger partial charge is 0.481 e. The number of thioether (sulfide) groups is 2. The normalized spacial score (nSPS) is 21.4. The number of nitrogens with one attached hydrogen (secondary N) is 2. The average molecular weight is 664 g/mol. The Kier molecular flexibility index (Phi) is 9.90. The third kappa shape index (κ3) is 6.91. The Morgan fingerprint density at radius 3 is 2.86 bits per heavy atom. The Bertz CT molecular complexity index is 1550. The Hall–Kier alpha value is -4.30. The number of nitrogens with zero attached hydrogens (tertiary/aromatic N) is 7. The quantitative estimate of drug-likeness (QED) is 0.0540. The predicted molar refractivity (Wildman–Crippen MR) is 157 cm³/mol. The van der Waals surface area contributed by atoms with Crippen molar-refractivity contribution in [3.8, 4) is 0 Å². The minimum Gasteiger partial charge on any atom is -0.481 e. The van der Waals surface area contributed by atoms with Crippen LogP contribution in [0.25, 0.3) is 0 Å². The first-order chi connectivity index (χ1) is 21.3. The number of aliphatic carboxylic acids is 2.